The third kappa shape index (κ3) is 9.21. The summed E-state index contributed by atoms with van der Waals surface area (Å²) in [5.74, 6) is 0.560. The molecule has 0 fully saturated rings. The van der Waals surface area contributed by atoms with Crippen molar-refractivity contribution in [3.8, 4) is 0 Å². The SMILES string of the molecule is CCCCC(=O)C(C)(C)NCCCNC(C)(C)C(=O)CCCC. The van der Waals surface area contributed by atoms with E-state index in [-0.39, 0.29) is 11.6 Å². The Morgan fingerprint density at radius 3 is 1.35 bits per heavy atom. The molecular weight excluding hydrogens is 288 g/mol. The molecule has 0 bridgehead atoms. The second-order valence-corrected chi connectivity index (χ2v) is 7.51. The summed E-state index contributed by atoms with van der Waals surface area (Å²) in [4.78, 5) is 24.2. The van der Waals surface area contributed by atoms with Gasteiger partial charge in [-0.3, -0.25) is 9.59 Å². The molecular formula is C19H38N2O2. The molecule has 0 aromatic rings. The molecule has 0 atom stereocenters. The summed E-state index contributed by atoms with van der Waals surface area (Å²) >= 11 is 0. The number of hydrogen-bond acceptors (Lipinski definition) is 4. The van der Waals surface area contributed by atoms with Gasteiger partial charge in [0.05, 0.1) is 11.1 Å². The summed E-state index contributed by atoms with van der Waals surface area (Å²) in [6, 6.07) is 0. The first-order valence-corrected chi connectivity index (χ1v) is 9.24. The standard InChI is InChI=1S/C19H38N2O2/c1-7-9-12-16(22)18(3,4)20-14-11-15-21-19(5,6)17(23)13-10-8-2/h20-21H,7-15H2,1-6H3. The Kier molecular flexibility index (Phi) is 10.6. The molecule has 0 rings (SSSR count). The molecule has 4 heteroatoms. The van der Waals surface area contributed by atoms with Crippen molar-refractivity contribution in [1.82, 2.24) is 10.6 Å². The summed E-state index contributed by atoms with van der Waals surface area (Å²) in [5.41, 5.74) is -0.913. The molecule has 0 aromatic heterocycles. The van der Waals surface area contributed by atoms with Gasteiger partial charge < -0.3 is 10.6 Å². The molecule has 0 radical (unpaired) electrons. The molecule has 23 heavy (non-hydrogen) atoms. The fourth-order valence-corrected chi connectivity index (χ4v) is 2.39. The van der Waals surface area contributed by atoms with Gasteiger partial charge in [-0.2, -0.15) is 0 Å². The molecule has 0 aromatic carbocycles. The normalized spacial score (nSPS) is 12.4. The lowest BCUT2D eigenvalue weighted by Gasteiger charge is -2.27. The van der Waals surface area contributed by atoms with Crippen LogP contribution in [0.15, 0.2) is 0 Å². The van der Waals surface area contributed by atoms with Gasteiger partial charge in [-0.1, -0.05) is 26.7 Å². The molecule has 0 aliphatic carbocycles. The van der Waals surface area contributed by atoms with Crippen LogP contribution in [-0.4, -0.2) is 35.7 Å². The zero-order chi connectivity index (χ0) is 17.9. The van der Waals surface area contributed by atoms with Crippen molar-refractivity contribution in [1.29, 1.82) is 0 Å². The Labute approximate surface area is 143 Å². The molecule has 0 saturated heterocycles. The predicted molar refractivity (Wildman–Crippen MR) is 97.8 cm³/mol. The van der Waals surface area contributed by atoms with Gasteiger partial charge in [0.1, 0.15) is 0 Å². The van der Waals surface area contributed by atoms with Gasteiger partial charge in [0, 0.05) is 12.8 Å². The monoisotopic (exact) mass is 326 g/mol. The average Bonchev–Trinajstić information content (AvgIpc) is 2.49. The van der Waals surface area contributed by atoms with Crippen LogP contribution in [0.5, 0.6) is 0 Å². The van der Waals surface area contributed by atoms with E-state index in [0.29, 0.717) is 12.8 Å². The molecule has 0 unspecified atom stereocenters. The van der Waals surface area contributed by atoms with Crippen LogP contribution in [0.4, 0.5) is 0 Å². The summed E-state index contributed by atoms with van der Waals surface area (Å²) in [5, 5.41) is 6.69. The number of Topliss-reactive ketones (excluding diaryl/α,β-unsaturated/α-hetero) is 2. The fraction of sp³-hybridized carbons (Fsp3) is 0.895. The molecule has 0 heterocycles. The third-order valence-electron chi connectivity index (χ3n) is 4.40. The molecule has 4 nitrogen and oxygen atoms in total. The molecule has 0 aliphatic heterocycles. The third-order valence-corrected chi connectivity index (χ3v) is 4.40. The Hall–Kier alpha value is -0.740. The number of carbonyl (C=O) groups excluding carboxylic acids is 2. The van der Waals surface area contributed by atoms with Gasteiger partial charge in [0.15, 0.2) is 11.6 Å². The van der Waals surface area contributed by atoms with Crippen molar-refractivity contribution in [3.05, 3.63) is 0 Å². The molecule has 0 amide bonds. The number of unbranched alkanes of at least 4 members (excludes halogenated alkanes) is 2. The van der Waals surface area contributed by atoms with E-state index in [1.807, 2.05) is 27.7 Å². The second kappa shape index (κ2) is 10.9. The Bertz CT molecular complexity index is 328. The van der Waals surface area contributed by atoms with Crippen LogP contribution >= 0.6 is 0 Å². The maximum absolute atomic E-state index is 12.1. The van der Waals surface area contributed by atoms with Crippen LogP contribution in [0.25, 0.3) is 0 Å². The predicted octanol–water partition coefficient (Wildman–Crippen LogP) is 3.63. The zero-order valence-corrected chi connectivity index (χ0v) is 16.2. The lowest BCUT2D eigenvalue weighted by Crippen LogP contribution is -2.49. The van der Waals surface area contributed by atoms with Crippen LogP contribution in [0.3, 0.4) is 0 Å². The van der Waals surface area contributed by atoms with Crippen molar-refractivity contribution in [2.45, 2.75) is 97.6 Å². The number of nitrogens with one attached hydrogen (secondary N) is 2. The lowest BCUT2D eigenvalue weighted by atomic mass is 9.94. The molecule has 0 saturated carbocycles. The van der Waals surface area contributed by atoms with Crippen LogP contribution in [0, 0.1) is 0 Å². The van der Waals surface area contributed by atoms with E-state index >= 15 is 0 Å². The smallest absolute Gasteiger partial charge is 0.152 e. The van der Waals surface area contributed by atoms with Gasteiger partial charge in [0.2, 0.25) is 0 Å². The Morgan fingerprint density at radius 2 is 1.04 bits per heavy atom. The van der Waals surface area contributed by atoms with Crippen molar-refractivity contribution in [2.24, 2.45) is 0 Å². The van der Waals surface area contributed by atoms with Crippen LogP contribution < -0.4 is 10.6 Å². The zero-order valence-electron chi connectivity index (χ0n) is 16.2. The first-order chi connectivity index (χ1) is 10.7. The number of rotatable bonds is 14. The minimum absolute atomic E-state index is 0.280. The quantitative estimate of drug-likeness (QED) is 0.479. The van der Waals surface area contributed by atoms with Gasteiger partial charge in [-0.15, -0.1) is 0 Å². The summed E-state index contributed by atoms with van der Waals surface area (Å²) in [7, 11) is 0. The fourth-order valence-electron chi connectivity index (χ4n) is 2.39. The van der Waals surface area contributed by atoms with Crippen LogP contribution in [0.2, 0.25) is 0 Å². The molecule has 0 spiro atoms. The van der Waals surface area contributed by atoms with E-state index in [4.69, 9.17) is 0 Å². The van der Waals surface area contributed by atoms with E-state index < -0.39 is 11.1 Å². The van der Waals surface area contributed by atoms with Gasteiger partial charge >= 0.3 is 0 Å². The molecule has 136 valence electrons. The van der Waals surface area contributed by atoms with Crippen molar-refractivity contribution < 1.29 is 9.59 Å². The first-order valence-electron chi connectivity index (χ1n) is 9.24. The highest BCUT2D eigenvalue weighted by atomic mass is 16.1. The summed E-state index contributed by atoms with van der Waals surface area (Å²) in [6.45, 7) is 13.6. The van der Waals surface area contributed by atoms with Crippen molar-refractivity contribution in [2.75, 3.05) is 13.1 Å². The van der Waals surface area contributed by atoms with Crippen LogP contribution in [-0.2, 0) is 9.59 Å². The van der Waals surface area contributed by atoms with Gasteiger partial charge in [0.25, 0.3) is 0 Å². The highest BCUT2D eigenvalue weighted by Gasteiger charge is 2.27. The number of carbonyl (C=O) groups is 2. The van der Waals surface area contributed by atoms with E-state index in [1.54, 1.807) is 0 Å². The first kappa shape index (κ1) is 22.3. The molecule has 0 aliphatic rings. The summed E-state index contributed by atoms with van der Waals surface area (Å²) < 4.78 is 0. The Balaban J connectivity index is 4.03. The topological polar surface area (TPSA) is 58.2 Å². The second-order valence-electron chi connectivity index (χ2n) is 7.51. The van der Waals surface area contributed by atoms with Crippen molar-refractivity contribution >= 4 is 11.6 Å². The maximum atomic E-state index is 12.1. The average molecular weight is 327 g/mol. The highest BCUT2D eigenvalue weighted by Crippen LogP contribution is 2.11. The minimum Gasteiger partial charge on any atom is -0.305 e. The van der Waals surface area contributed by atoms with E-state index in [1.165, 1.54) is 0 Å². The maximum Gasteiger partial charge on any atom is 0.152 e. The lowest BCUT2D eigenvalue weighted by molar-refractivity contribution is -0.124. The number of hydrogen-bond donors (Lipinski definition) is 2. The Morgan fingerprint density at radius 1 is 0.696 bits per heavy atom. The van der Waals surface area contributed by atoms with Gasteiger partial charge in [-0.05, 0) is 60.0 Å². The van der Waals surface area contributed by atoms with E-state index in [2.05, 4.69) is 24.5 Å². The minimum atomic E-state index is -0.457. The van der Waals surface area contributed by atoms with E-state index in [0.717, 1.165) is 45.2 Å². The summed E-state index contributed by atoms with van der Waals surface area (Å²) in [6.07, 6.45) is 6.20. The van der Waals surface area contributed by atoms with Crippen molar-refractivity contribution in [3.63, 3.8) is 0 Å². The largest absolute Gasteiger partial charge is 0.305 e. The van der Waals surface area contributed by atoms with E-state index in [9.17, 15) is 9.59 Å². The molecule has 2 N–H and O–H groups in total. The number of ketones is 2. The van der Waals surface area contributed by atoms with Gasteiger partial charge in [-0.25, -0.2) is 0 Å². The van der Waals surface area contributed by atoms with Crippen LogP contribution in [0.1, 0.15) is 86.5 Å². The highest BCUT2D eigenvalue weighted by molar-refractivity contribution is 5.87.